The van der Waals surface area contributed by atoms with E-state index in [-0.39, 0.29) is 18.0 Å². The van der Waals surface area contributed by atoms with Crippen molar-refractivity contribution in [2.75, 3.05) is 12.0 Å². The van der Waals surface area contributed by atoms with Crippen LogP contribution in [0.25, 0.3) is 0 Å². The van der Waals surface area contributed by atoms with Crippen LogP contribution in [0.15, 0.2) is 34.7 Å². The van der Waals surface area contributed by atoms with E-state index in [1.165, 1.54) is 11.3 Å². The molecule has 0 fully saturated rings. The third-order valence-electron chi connectivity index (χ3n) is 2.86. The standard InChI is InChI=1S/C18H23N3O3S/c1-5-23-16(22)10-14-12-25-17(20-14)21-19-11-13-6-8-15(9-7-13)24-18(2,3)4/h6-9,11-12H,5,10H2,1-4H3,(H,20,21). The van der Waals surface area contributed by atoms with E-state index in [9.17, 15) is 4.79 Å². The van der Waals surface area contributed by atoms with Crippen LogP contribution >= 0.6 is 11.3 Å². The molecule has 0 bridgehead atoms. The summed E-state index contributed by atoms with van der Waals surface area (Å²) in [5, 5.41) is 6.60. The van der Waals surface area contributed by atoms with E-state index < -0.39 is 0 Å². The minimum Gasteiger partial charge on any atom is -0.488 e. The van der Waals surface area contributed by atoms with Crippen LogP contribution in [-0.4, -0.2) is 29.4 Å². The van der Waals surface area contributed by atoms with Crippen LogP contribution in [-0.2, 0) is 16.0 Å². The molecule has 0 amide bonds. The Balaban J connectivity index is 1.86. The van der Waals surface area contributed by atoms with Gasteiger partial charge in [0.1, 0.15) is 11.4 Å². The lowest BCUT2D eigenvalue weighted by molar-refractivity contribution is -0.142. The number of ether oxygens (including phenoxy) is 2. The van der Waals surface area contributed by atoms with E-state index in [4.69, 9.17) is 9.47 Å². The summed E-state index contributed by atoms with van der Waals surface area (Å²) in [6.07, 6.45) is 1.87. The number of rotatable bonds is 7. The van der Waals surface area contributed by atoms with Crippen LogP contribution in [0.2, 0.25) is 0 Å². The van der Waals surface area contributed by atoms with E-state index in [0.717, 1.165) is 11.3 Å². The van der Waals surface area contributed by atoms with Gasteiger partial charge in [0.15, 0.2) is 0 Å². The first kappa shape index (κ1) is 18.9. The molecule has 1 heterocycles. The lowest BCUT2D eigenvalue weighted by Crippen LogP contribution is -2.22. The van der Waals surface area contributed by atoms with Crippen LogP contribution in [0.5, 0.6) is 5.75 Å². The van der Waals surface area contributed by atoms with Crippen LogP contribution in [0, 0.1) is 0 Å². The van der Waals surface area contributed by atoms with Gasteiger partial charge in [-0.25, -0.2) is 4.98 Å². The second kappa shape index (κ2) is 8.62. The molecule has 0 aliphatic heterocycles. The number of aromatic nitrogens is 1. The summed E-state index contributed by atoms with van der Waals surface area (Å²) >= 11 is 1.39. The summed E-state index contributed by atoms with van der Waals surface area (Å²) in [5.74, 6) is 0.543. The van der Waals surface area contributed by atoms with E-state index >= 15 is 0 Å². The maximum Gasteiger partial charge on any atom is 0.311 e. The third kappa shape index (κ3) is 6.93. The number of thiazole rings is 1. The number of esters is 1. The van der Waals surface area contributed by atoms with Gasteiger partial charge in [-0.15, -0.1) is 11.3 Å². The Hall–Kier alpha value is -2.41. The van der Waals surface area contributed by atoms with E-state index in [1.807, 2.05) is 50.4 Å². The fraction of sp³-hybridized carbons (Fsp3) is 0.389. The van der Waals surface area contributed by atoms with Gasteiger partial charge in [0, 0.05) is 5.38 Å². The van der Waals surface area contributed by atoms with Crippen molar-refractivity contribution < 1.29 is 14.3 Å². The molecule has 0 aliphatic carbocycles. The molecule has 25 heavy (non-hydrogen) atoms. The Morgan fingerprint density at radius 2 is 2.04 bits per heavy atom. The average Bonchev–Trinajstić information content (AvgIpc) is 2.95. The van der Waals surface area contributed by atoms with Crippen LogP contribution in [0.1, 0.15) is 39.0 Å². The summed E-state index contributed by atoms with van der Waals surface area (Å²) in [6, 6.07) is 7.68. The maximum absolute atomic E-state index is 11.4. The topological polar surface area (TPSA) is 72.8 Å². The van der Waals surface area contributed by atoms with Crippen molar-refractivity contribution in [2.45, 2.75) is 39.7 Å². The van der Waals surface area contributed by atoms with Crippen molar-refractivity contribution in [3.05, 3.63) is 40.9 Å². The van der Waals surface area contributed by atoms with Gasteiger partial charge in [0.25, 0.3) is 0 Å². The predicted octanol–water partition coefficient (Wildman–Crippen LogP) is 3.87. The Morgan fingerprint density at radius 3 is 2.68 bits per heavy atom. The molecule has 134 valence electrons. The Kier molecular flexibility index (Phi) is 6.52. The minimum atomic E-state index is -0.277. The summed E-state index contributed by atoms with van der Waals surface area (Å²) in [5.41, 5.74) is 4.26. The zero-order valence-electron chi connectivity index (χ0n) is 14.9. The molecule has 0 aliphatic rings. The molecular formula is C18H23N3O3S. The fourth-order valence-corrected chi connectivity index (χ4v) is 2.60. The van der Waals surface area contributed by atoms with Gasteiger partial charge in [0.2, 0.25) is 5.13 Å². The Morgan fingerprint density at radius 1 is 1.32 bits per heavy atom. The van der Waals surface area contributed by atoms with E-state index in [2.05, 4.69) is 15.5 Å². The predicted molar refractivity (Wildman–Crippen MR) is 100 cm³/mol. The number of anilines is 1. The maximum atomic E-state index is 11.4. The SMILES string of the molecule is CCOC(=O)Cc1csc(NN=Cc2ccc(OC(C)(C)C)cc2)n1. The molecule has 1 N–H and O–H groups in total. The molecule has 1 aromatic heterocycles. The lowest BCUT2D eigenvalue weighted by Gasteiger charge is -2.21. The van der Waals surface area contributed by atoms with E-state index in [1.54, 1.807) is 13.1 Å². The van der Waals surface area contributed by atoms with Crippen molar-refractivity contribution in [2.24, 2.45) is 5.10 Å². The summed E-state index contributed by atoms with van der Waals surface area (Å²) < 4.78 is 10.7. The van der Waals surface area contributed by atoms with Crippen LogP contribution < -0.4 is 10.2 Å². The van der Waals surface area contributed by atoms with Crippen LogP contribution in [0.3, 0.4) is 0 Å². The molecule has 7 heteroatoms. The second-order valence-corrected chi connectivity index (χ2v) is 7.14. The normalized spacial score (nSPS) is 11.5. The Labute approximate surface area is 151 Å². The average molecular weight is 361 g/mol. The zero-order valence-corrected chi connectivity index (χ0v) is 15.7. The summed E-state index contributed by atoms with van der Waals surface area (Å²) in [7, 11) is 0. The highest BCUT2D eigenvalue weighted by Gasteiger charge is 2.11. The minimum absolute atomic E-state index is 0.172. The molecule has 1 aromatic carbocycles. The third-order valence-corrected chi connectivity index (χ3v) is 3.66. The van der Waals surface area contributed by atoms with Gasteiger partial charge < -0.3 is 9.47 Å². The van der Waals surface area contributed by atoms with Gasteiger partial charge in [0.05, 0.1) is 24.9 Å². The van der Waals surface area contributed by atoms with Gasteiger partial charge >= 0.3 is 5.97 Å². The number of carbonyl (C=O) groups excluding carboxylic acids is 1. The number of nitrogens with one attached hydrogen (secondary N) is 1. The number of carbonyl (C=O) groups is 1. The Bertz CT molecular complexity index is 718. The number of hydrogen-bond donors (Lipinski definition) is 1. The monoisotopic (exact) mass is 361 g/mol. The zero-order chi connectivity index (χ0) is 18.3. The number of hydrazone groups is 1. The lowest BCUT2D eigenvalue weighted by atomic mass is 10.2. The highest BCUT2D eigenvalue weighted by Crippen LogP contribution is 2.18. The second-order valence-electron chi connectivity index (χ2n) is 6.28. The van der Waals surface area contributed by atoms with Gasteiger partial charge in [-0.1, -0.05) is 0 Å². The van der Waals surface area contributed by atoms with Crippen molar-refractivity contribution in [1.82, 2.24) is 4.98 Å². The molecule has 2 rings (SSSR count). The molecule has 0 radical (unpaired) electrons. The van der Waals surface area contributed by atoms with Crippen molar-refractivity contribution in [3.8, 4) is 5.75 Å². The van der Waals surface area contributed by atoms with Crippen LogP contribution in [0.4, 0.5) is 5.13 Å². The van der Waals surface area contributed by atoms with Crippen molar-refractivity contribution >= 4 is 28.7 Å². The largest absolute Gasteiger partial charge is 0.488 e. The number of nitrogens with zero attached hydrogens (tertiary/aromatic N) is 2. The van der Waals surface area contributed by atoms with Crippen molar-refractivity contribution in [1.29, 1.82) is 0 Å². The molecule has 0 saturated carbocycles. The first-order valence-corrected chi connectivity index (χ1v) is 8.92. The molecule has 0 atom stereocenters. The number of hydrogen-bond acceptors (Lipinski definition) is 7. The summed E-state index contributed by atoms with van der Waals surface area (Å²) in [6.45, 7) is 8.18. The quantitative estimate of drug-likeness (QED) is 0.460. The molecule has 0 unspecified atom stereocenters. The highest BCUT2D eigenvalue weighted by atomic mass is 32.1. The molecule has 0 saturated heterocycles. The van der Waals surface area contributed by atoms with Crippen molar-refractivity contribution in [3.63, 3.8) is 0 Å². The first-order chi connectivity index (χ1) is 11.9. The fourth-order valence-electron chi connectivity index (χ4n) is 1.94. The van der Waals surface area contributed by atoms with E-state index in [0.29, 0.717) is 17.4 Å². The highest BCUT2D eigenvalue weighted by molar-refractivity contribution is 7.13. The first-order valence-electron chi connectivity index (χ1n) is 8.04. The van der Waals surface area contributed by atoms with Gasteiger partial charge in [-0.2, -0.15) is 5.10 Å². The number of benzene rings is 1. The van der Waals surface area contributed by atoms with Gasteiger partial charge in [-0.05, 0) is 57.5 Å². The molecule has 2 aromatic rings. The molecule has 0 spiro atoms. The summed E-state index contributed by atoms with van der Waals surface area (Å²) in [4.78, 5) is 15.7. The molecule has 6 nitrogen and oxygen atoms in total. The van der Waals surface area contributed by atoms with Gasteiger partial charge in [-0.3, -0.25) is 10.2 Å². The smallest absolute Gasteiger partial charge is 0.311 e. The molecular weight excluding hydrogens is 338 g/mol.